The van der Waals surface area contributed by atoms with Crippen LogP contribution in [0.2, 0.25) is 0 Å². The fraction of sp³-hybridized carbons (Fsp3) is 0.364. The van der Waals surface area contributed by atoms with Gasteiger partial charge in [-0.1, -0.05) is 6.92 Å². The molecule has 4 nitrogen and oxygen atoms in total. The Morgan fingerprint density at radius 1 is 1.38 bits per heavy atom. The molecule has 5 heteroatoms. The lowest BCUT2D eigenvalue weighted by atomic mass is 10.3. The molecule has 0 atom stereocenters. The Labute approximate surface area is 103 Å². The van der Waals surface area contributed by atoms with Gasteiger partial charge in [0.25, 0.3) is 0 Å². The van der Waals surface area contributed by atoms with Gasteiger partial charge in [0.15, 0.2) is 5.82 Å². The second-order valence-electron chi connectivity index (χ2n) is 3.60. The van der Waals surface area contributed by atoms with Crippen LogP contribution in [0.25, 0.3) is 11.5 Å². The van der Waals surface area contributed by atoms with E-state index in [0.29, 0.717) is 0 Å². The Morgan fingerprint density at radius 2 is 2.19 bits per heavy atom. The van der Waals surface area contributed by atoms with E-state index in [1.165, 1.54) is 0 Å². The molecule has 0 N–H and O–H groups in total. The molecule has 2 heterocycles. The summed E-state index contributed by atoms with van der Waals surface area (Å²) in [5.41, 5.74) is 0.859. The fourth-order valence-corrected chi connectivity index (χ4v) is 1.95. The van der Waals surface area contributed by atoms with Crippen LogP contribution in [0.4, 0.5) is 0 Å². The van der Waals surface area contributed by atoms with Gasteiger partial charge in [-0.15, -0.1) is 0 Å². The average molecular weight is 281 g/mol. The van der Waals surface area contributed by atoms with Crippen molar-refractivity contribution in [2.24, 2.45) is 7.05 Å². The van der Waals surface area contributed by atoms with E-state index in [-0.39, 0.29) is 0 Å². The smallest absolute Gasteiger partial charge is 0.158 e. The molecule has 0 fully saturated rings. The van der Waals surface area contributed by atoms with E-state index >= 15 is 0 Å². The van der Waals surface area contributed by atoms with Gasteiger partial charge in [0, 0.05) is 31.9 Å². The molecule has 0 saturated carbocycles. The lowest BCUT2D eigenvalue weighted by Gasteiger charge is -2.04. The molecule has 0 aliphatic heterocycles. The summed E-state index contributed by atoms with van der Waals surface area (Å²) in [6.45, 7) is 2.12. The highest BCUT2D eigenvalue weighted by molar-refractivity contribution is 9.10. The van der Waals surface area contributed by atoms with Crippen molar-refractivity contribution in [2.45, 2.75) is 19.8 Å². The Hall–Kier alpha value is -1.23. The van der Waals surface area contributed by atoms with Gasteiger partial charge in [-0.25, -0.2) is 15.0 Å². The minimum absolute atomic E-state index is 0.809. The molecular formula is C11H13BrN4. The molecule has 0 aromatic carbocycles. The maximum absolute atomic E-state index is 4.50. The largest absolute Gasteiger partial charge is 0.333 e. The van der Waals surface area contributed by atoms with Gasteiger partial charge in [0.2, 0.25) is 0 Å². The number of halogens is 1. The first-order valence-electron chi connectivity index (χ1n) is 5.22. The standard InChI is InChI=1S/C11H13BrN4/c1-3-4-10-14-8(7-9(12)15-10)11-13-5-6-16(11)2/h5-7H,3-4H2,1-2H3. The Balaban J connectivity index is 2.45. The van der Waals surface area contributed by atoms with Gasteiger partial charge >= 0.3 is 0 Å². The first-order chi connectivity index (χ1) is 7.70. The summed E-state index contributed by atoms with van der Waals surface area (Å²) < 4.78 is 2.76. The third-order valence-corrected chi connectivity index (χ3v) is 2.67. The molecule has 2 aromatic rings. The van der Waals surface area contributed by atoms with Crippen molar-refractivity contribution in [3.05, 3.63) is 28.9 Å². The van der Waals surface area contributed by atoms with Crippen LogP contribution in [0.15, 0.2) is 23.1 Å². The Kier molecular flexibility index (Phi) is 3.33. The summed E-state index contributed by atoms with van der Waals surface area (Å²) in [7, 11) is 1.96. The van der Waals surface area contributed by atoms with Crippen molar-refractivity contribution in [3.8, 4) is 11.5 Å². The number of hydrogen-bond donors (Lipinski definition) is 0. The molecule has 0 spiro atoms. The van der Waals surface area contributed by atoms with Crippen molar-refractivity contribution in [2.75, 3.05) is 0 Å². The summed E-state index contributed by atoms with van der Waals surface area (Å²) >= 11 is 3.40. The second-order valence-corrected chi connectivity index (χ2v) is 4.42. The van der Waals surface area contributed by atoms with Crippen molar-refractivity contribution >= 4 is 15.9 Å². The molecule has 0 unspecified atom stereocenters. The maximum Gasteiger partial charge on any atom is 0.158 e. The van der Waals surface area contributed by atoms with Gasteiger partial charge in [-0.2, -0.15) is 0 Å². The molecule has 2 aromatic heterocycles. The van der Waals surface area contributed by atoms with Crippen molar-refractivity contribution in [1.29, 1.82) is 0 Å². The Bertz CT molecular complexity index is 492. The lowest BCUT2D eigenvalue weighted by Crippen LogP contribution is -2.00. The minimum Gasteiger partial charge on any atom is -0.333 e. The zero-order chi connectivity index (χ0) is 11.5. The van der Waals surface area contributed by atoms with Gasteiger partial charge in [0.05, 0.1) is 0 Å². The highest BCUT2D eigenvalue weighted by atomic mass is 79.9. The summed E-state index contributed by atoms with van der Waals surface area (Å²) in [6.07, 6.45) is 5.60. The molecule has 0 saturated heterocycles. The normalized spacial score (nSPS) is 10.7. The van der Waals surface area contributed by atoms with Crippen LogP contribution < -0.4 is 0 Å². The molecule has 0 radical (unpaired) electrons. The van der Waals surface area contributed by atoms with Crippen molar-refractivity contribution in [1.82, 2.24) is 19.5 Å². The molecule has 0 bridgehead atoms. The number of aromatic nitrogens is 4. The van der Waals surface area contributed by atoms with Crippen molar-refractivity contribution < 1.29 is 0 Å². The number of imidazole rings is 1. The van der Waals surface area contributed by atoms with E-state index in [9.17, 15) is 0 Å². The van der Waals surface area contributed by atoms with E-state index in [1.54, 1.807) is 6.20 Å². The first-order valence-corrected chi connectivity index (χ1v) is 6.01. The lowest BCUT2D eigenvalue weighted by molar-refractivity contribution is 0.824. The topological polar surface area (TPSA) is 43.6 Å². The Morgan fingerprint density at radius 3 is 2.81 bits per heavy atom. The van der Waals surface area contributed by atoms with E-state index in [4.69, 9.17) is 0 Å². The van der Waals surface area contributed by atoms with E-state index < -0.39 is 0 Å². The molecule has 0 aliphatic carbocycles. The quantitative estimate of drug-likeness (QED) is 0.812. The third kappa shape index (κ3) is 2.29. The second kappa shape index (κ2) is 4.74. The molecule has 16 heavy (non-hydrogen) atoms. The predicted octanol–water partition coefficient (Wildman–Crippen LogP) is 2.59. The molecule has 0 amide bonds. The number of nitrogens with zero attached hydrogens (tertiary/aromatic N) is 4. The molecular weight excluding hydrogens is 268 g/mol. The number of aryl methyl sites for hydroxylation is 2. The van der Waals surface area contributed by atoms with Crippen LogP contribution in [0.5, 0.6) is 0 Å². The maximum atomic E-state index is 4.50. The van der Waals surface area contributed by atoms with Crippen LogP contribution in [0.1, 0.15) is 19.2 Å². The van der Waals surface area contributed by atoms with Crippen LogP contribution in [0.3, 0.4) is 0 Å². The van der Waals surface area contributed by atoms with Crippen molar-refractivity contribution in [3.63, 3.8) is 0 Å². The zero-order valence-corrected chi connectivity index (χ0v) is 10.9. The monoisotopic (exact) mass is 280 g/mol. The first kappa shape index (κ1) is 11.3. The number of rotatable bonds is 3. The average Bonchev–Trinajstić information content (AvgIpc) is 2.64. The third-order valence-electron chi connectivity index (χ3n) is 2.27. The summed E-state index contributed by atoms with van der Waals surface area (Å²) in [5, 5.41) is 0. The molecule has 84 valence electrons. The van der Waals surface area contributed by atoms with E-state index in [2.05, 4.69) is 37.8 Å². The SMILES string of the molecule is CCCc1nc(Br)cc(-c2nccn2C)n1. The van der Waals surface area contributed by atoms with Crippen LogP contribution >= 0.6 is 15.9 Å². The van der Waals surface area contributed by atoms with Gasteiger partial charge in [-0.05, 0) is 22.4 Å². The summed E-state index contributed by atoms with van der Waals surface area (Å²) in [6, 6.07) is 1.89. The summed E-state index contributed by atoms with van der Waals surface area (Å²) in [5.74, 6) is 1.72. The van der Waals surface area contributed by atoms with Crippen LogP contribution in [-0.2, 0) is 13.5 Å². The fourth-order valence-electron chi connectivity index (χ4n) is 1.53. The highest BCUT2D eigenvalue weighted by Gasteiger charge is 2.08. The van der Waals surface area contributed by atoms with Crippen LogP contribution in [0, 0.1) is 0 Å². The van der Waals surface area contributed by atoms with Gasteiger partial charge < -0.3 is 4.57 Å². The summed E-state index contributed by atoms with van der Waals surface area (Å²) in [4.78, 5) is 13.1. The highest BCUT2D eigenvalue weighted by Crippen LogP contribution is 2.18. The predicted molar refractivity (Wildman–Crippen MR) is 65.9 cm³/mol. The molecule has 2 rings (SSSR count). The zero-order valence-electron chi connectivity index (χ0n) is 9.31. The van der Waals surface area contributed by atoms with Gasteiger partial charge in [0.1, 0.15) is 16.1 Å². The van der Waals surface area contributed by atoms with E-state index in [1.807, 2.05) is 23.9 Å². The van der Waals surface area contributed by atoms with Crippen LogP contribution in [-0.4, -0.2) is 19.5 Å². The van der Waals surface area contributed by atoms with Gasteiger partial charge in [-0.3, -0.25) is 0 Å². The minimum atomic E-state index is 0.809. The van der Waals surface area contributed by atoms with E-state index in [0.717, 1.165) is 34.8 Å². The number of hydrogen-bond acceptors (Lipinski definition) is 3. The molecule has 0 aliphatic rings.